The minimum atomic E-state index is 0.674. The van der Waals surface area contributed by atoms with E-state index in [4.69, 9.17) is 9.97 Å². The fraction of sp³-hybridized carbons (Fsp3) is 0. The van der Waals surface area contributed by atoms with E-state index in [2.05, 4.69) is 138 Å². The molecule has 3 heterocycles. The number of hydrogen-bond donors (Lipinski definition) is 0. The third-order valence-electron chi connectivity index (χ3n) is 10.7. The second-order valence-corrected chi connectivity index (χ2v) is 13.2. The third kappa shape index (κ3) is 3.83. The summed E-state index contributed by atoms with van der Waals surface area (Å²) in [5.74, 6) is 0. The molecule has 0 saturated heterocycles. The highest BCUT2D eigenvalue weighted by atomic mass is 15.0. The average molecular weight is 647 g/mol. The van der Waals surface area contributed by atoms with Gasteiger partial charge in [-0.1, -0.05) is 103 Å². The Morgan fingerprint density at radius 2 is 1.00 bits per heavy atom. The van der Waals surface area contributed by atoms with E-state index in [1.54, 1.807) is 0 Å². The molecule has 0 spiro atoms. The first kappa shape index (κ1) is 27.8. The first-order valence-electron chi connectivity index (χ1n) is 17.1. The van der Waals surface area contributed by atoms with Gasteiger partial charge in [-0.05, 0) is 91.6 Å². The summed E-state index contributed by atoms with van der Waals surface area (Å²) < 4.78 is 2.35. The lowest BCUT2D eigenvalue weighted by atomic mass is 9.88. The van der Waals surface area contributed by atoms with Crippen molar-refractivity contribution in [3.8, 4) is 34.0 Å². The van der Waals surface area contributed by atoms with Gasteiger partial charge in [0.15, 0.2) is 0 Å². The Hall–Kier alpha value is -7.09. The van der Waals surface area contributed by atoms with E-state index in [0.29, 0.717) is 5.56 Å². The molecule has 4 heteroatoms. The predicted molar refractivity (Wildman–Crippen MR) is 211 cm³/mol. The number of pyridine rings is 2. The number of rotatable bonds is 3. The summed E-state index contributed by atoms with van der Waals surface area (Å²) in [6.45, 7) is 0. The summed E-state index contributed by atoms with van der Waals surface area (Å²) in [5.41, 5.74) is 10.4. The minimum Gasteiger partial charge on any atom is -0.308 e. The summed E-state index contributed by atoms with van der Waals surface area (Å²) >= 11 is 0. The third-order valence-corrected chi connectivity index (χ3v) is 10.7. The van der Waals surface area contributed by atoms with Crippen LogP contribution in [0.3, 0.4) is 0 Å². The molecule has 0 aliphatic carbocycles. The SMILES string of the molecule is N#Cc1ccc2c3c1ccc1c(-c4ccc(-c5cccc6ccccc56)c5ccccc45)ccc(c13)n2-c1cc2cccnc2c2ncccc12. The van der Waals surface area contributed by atoms with Crippen LogP contribution in [-0.4, -0.2) is 14.5 Å². The first-order valence-corrected chi connectivity index (χ1v) is 17.1. The molecule has 0 fully saturated rings. The van der Waals surface area contributed by atoms with Gasteiger partial charge >= 0.3 is 0 Å². The second kappa shape index (κ2) is 10.5. The van der Waals surface area contributed by atoms with E-state index < -0.39 is 0 Å². The molecule has 0 unspecified atom stereocenters. The van der Waals surface area contributed by atoms with Crippen LogP contribution < -0.4 is 0 Å². The number of benzene rings is 8. The smallest absolute Gasteiger partial charge is 0.0998 e. The van der Waals surface area contributed by atoms with Crippen molar-refractivity contribution in [2.75, 3.05) is 0 Å². The molecule has 0 radical (unpaired) electrons. The van der Waals surface area contributed by atoms with Gasteiger partial charge in [0.1, 0.15) is 0 Å². The van der Waals surface area contributed by atoms with Crippen molar-refractivity contribution < 1.29 is 0 Å². The Morgan fingerprint density at radius 3 is 1.80 bits per heavy atom. The molecule has 11 rings (SSSR count). The second-order valence-electron chi connectivity index (χ2n) is 13.2. The maximum atomic E-state index is 10.2. The minimum absolute atomic E-state index is 0.674. The van der Waals surface area contributed by atoms with Crippen LogP contribution in [0, 0.1) is 11.3 Å². The van der Waals surface area contributed by atoms with E-state index in [0.717, 1.165) is 60.1 Å². The molecule has 8 aromatic carbocycles. The molecule has 4 nitrogen and oxygen atoms in total. The Morgan fingerprint density at radius 1 is 0.431 bits per heavy atom. The maximum absolute atomic E-state index is 10.2. The molecule has 234 valence electrons. The van der Waals surface area contributed by atoms with E-state index in [1.165, 1.54) is 43.8 Å². The van der Waals surface area contributed by atoms with E-state index >= 15 is 0 Å². The molecule has 0 aliphatic heterocycles. The van der Waals surface area contributed by atoms with Gasteiger partial charge in [0.2, 0.25) is 0 Å². The van der Waals surface area contributed by atoms with Crippen LogP contribution in [0.15, 0.2) is 158 Å². The zero-order valence-corrected chi connectivity index (χ0v) is 27.3. The molecular weight excluding hydrogens is 621 g/mol. The van der Waals surface area contributed by atoms with Crippen molar-refractivity contribution in [2.24, 2.45) is 0 Å². The molecule has 0 N–H and O–H groups in total. The Bertz CT molecular complexity index is 3270. The highest BCUT2D eigenvalue weighted by molar-refractivity contribution is 6.28. The fourth-order valence-corrected chi connectivity index (χ4v) is 8.52. The average Bonchev–Trinajstić information content (AvgIpc) is 3.54. The number of fused-ring (bicyclic) bond motifs is 5. The summed E-state index contributed by atoms with van der Waals surface area (Å²) in [4.78, 5) is 9.52. The highest BCUT2D eigenvalue weighted by Gasteiger charge is 2.23. The predicted octanol–water partition coefficient (Wildman–Crippen LogP) is 12.0. The number of nitriles is 1. The standard InChI is InChI=1S/C47H26N4/c48-27-30-16-22-41-44-32(30)17-20-39-38(37-19-18-36(34-12-3-4-13-35(34)37)33-14-5-9-28-8-1-2-11-31(28)33)21-23-42(45(39)44)51(41)43-26-29-10-6-24-49-46(29)47-40(43)15-7-25-50-47/h1-26H. The van der Waals surface area contributed by atoms with Crippen molar-refractivity contribution in [1.82, 2.24) is 14.5 Å². The normalized spacial score (nSPS) is 11.9. The van der Waals surface area contributed by atoms with Crippen molar-refractivity contribution in [3.63, 3.8) is 0 Å². The van der Waals surface area contributed by atoms with Gasteiger partial charge in [-0.25, -0.2) is 0 Å². The topological polar surface area (TPSA) is 54.5 Å². The summed E-state index contributed by atoms with van der Waals surface area (Å²) in [5, 5.41) is 21.6. The van der Waals surface area contributed by atoms with Gasteiger partial charge in [0, 0.05) is 39.3 Å². The molecule has 11 aromatic rings. The molecule has 51 heavy (non-hydrogen) atoms. The van der Waals surface area contributed by atoms with Gasteiger partial charge in [-0.15, -0.1) is 0 Å². The Kier molecular flexibility index (Phi) is 5.70. The van der Waals surface area contributed by atoms with Crippen molar-refractivity contribution in [3.05, 3.63) is 164 Å². The molecule has 3 aromatic heterocycles. The lowest BCUT2D eigenvalue weighted by Crippen LogP contribution is -1.97. The fourth-order valence-electron chi connectivity index (χ4n) is 8.52. The molecule has 0 amide bonds. The van der Waals surface area contributed by atoms with E-state index in [-0.39, 0.29) is 0 Å². The summed E-state index contributed by atoms with van der Waals surface area (Å²) in [6, 6.07) is 54.3. The number of aromatic nitrogens is 3. The van der Waals surface area contributed by atoms with Gasteiger partial charge in [0.05, 0.1) is 39.4 Å². The van der Waals surface area contributed by atoms with E-state index in [1.807, 2.05) is 30.6 Å². The van der Waals surface area contributed by atoms with Crippen LogP contribution >= 0.6 is 0 Å². The summed E-state index contributed by atoms with van der Waals surface area (Å²) in [6.07, 6.45) is 3.66. The van der Waals surface area contributed by atoms with Crippen molar-refractivity contribution >= 4 is 75.9 Å². The quantitative estimate of drug-likeness (QED) is 0.180. The van der Waals surface area contributed by atoms with Crippen LogP contribution in [0.4, 0.5) is 0 Å². The van der Waals surface area contributed by atoms with Gasteiger partial charge < -0.3 is 4.57 Å². The van der Waals surface area contributed by atoms with Crippen molar-refractivity contribution in [1.29, 1.82) is 5.26 Å². The van der Waals surface area contributed by atoms with Crippen LogP contribution in [-0.2, 0) is 0 Å². The largest absolute Gasteiger partial charge is 0.308 e. The monoisotopic (exact) mass is 646 g/mol. The van der Waals surface area contributed by atoms with Crippen LogP contribution in [0.2, 0.25) is 0 Å². The molecule has 0 aliphatic rings. The zero-order valence-electron chi connectivity index (χ0n) is 27.3. The molecule has 0 atom stereocenters. The van der Waals surface area contributed by atoms with Crippen LogP contribution in [0.25, 0.3) is 104 Å². The lowest BCUT2D eigenvalue weighted by Gasteiger charge is -2.16. The lowest BCUT2D eigenvalue weighted by molar-refractivity contribution is 1.20. The molecular formula is C47H26N4. The molecule has 0 bridgehead atoms. The Labute approximate surface area is 292 Å². The van der Waals surface area contributed by atoms with Crippen LogP contribution in [0.1, 0.15) is 5.56 Å². The zero-order chi connectivity index (χ0) is 33.6. The highest BCUT2D eigenvalue weighted by Crippen LogP contribution is 2.46. The van der Waals surface area contributed by atoms with Gasteiger partial charge in [-0.3, -0.25) is 9.97 Å². The number of hydrogen-bond acceptors (Lipinski definition) is 3. The van der Waals surface area contributed by atoms with Crippen molar-refractivity contribution in [2.45, 2.75) is 0 Å². The van der Waals surface area contributed by atoms with Crippen LogP contribution in [0.5, 0.6) is 0 Å². The molecule has 0 saturated carbocycles. The van der Waals surface area contributed by atoms with Gasteiger partial charge in [-0.2, -0.15) is 5.26 Å². The summed E-state index contributed by atoms with van der Waals surface area (Å²) in [7, 11) is 0. The van der Waals surface area contributed by atoms with E-state index in [9.17, 15) is 5.26 Å². The van der Waals surface area contributed by atoms with Gasteiger partial charge in [0.25, 0.3) is 0 Å². The Balaban J connectivity index is 1.23. The maximum Gasteiger partial charge on any atom is 0.0998 e. The number of nitrogens with zero attached hydrogens (tertiary/aromatic N) is 4. The first-order chi connectivity index (χ1) is 25.3.